The minimum absolute atomic E-state index is 0.0533. The highest BCUT2D eigenvalue weighted by atomic mass is 35.5. The molecule has 152 valence electrons. The second-order valence-corrected chi connectivity index (χ2v) is 7.38. The molecule has 0 heterocycles. The number of ether oxygens (including phenoxy) is 3. The Balaban J connectivity index is 1.97. The molecule has 2 aromatic carbocycles. The van der Waals surface area contributed by atoms with Gasteiger partial charge in [-0.2, -0.15) is 0 Å². The summed E-state index contributed by atoms with van der Waals surface area (Å²) in [5.74, 6) is 1.74. The molecule has 0 radical (unpaired) electrons. The number of amides is 1. The number of rotatable bonds is 8. The fourth-order valence-electron chi connectivity index (χ4n) is 2.74. The molecule has 0 aliphatic rings. The van der Waals surface area contributed by atoms with Gasteiger partial charge in [0.25, 0.3) is 5.91 Å². The molecule has 0 aliphatic carbocycles. The molecule has 0 aliphatic heterocycles. The summed E-state index contributed by atoms with van der Waals surface area (Å²) in [6.07, 6.45) is -0.581. The maximum atomic E-state index is 12.4. The van der Waals surface area contributed by atoms with Crippen LogP contribution in [0.3, 0.4) is 0 Å². The van der Waals surface area contributed by atoms with Crippen LogP contribution in [0.25, 0.3) is 0 Å². The fraction of sp³-hybridized carbons (Fsp3) is 0.409. The van der Waals surface area contributed by atoms with Crippen LogP contribution in [-0.2, 0) is 11.3 Å². The Morgan fingerprint density at radius 1 is 1.04 bits per heavy atom. The van der Waals surface area contributed by atoms with Crippen molar-refractivity contribution in [2.45, 2.75) is 53.4 Å². The van der Waals surface area contributed by atoms with Crippen molar-refractivity contribution in [3.8, 4) is 17.2 Å². The number of halogens is 1. The van der Waals surface area contributed by atoms with Crippen molar-refractivity contribution in [1.82, 2.24) is 5.32 Å². The molecule has 2 rings (SSSR count). The highest BCUT2D eigenvalue weighted by molar-refractivity contribution is 6.32. The fourth-order valence-corrected chi connectivity index (χ4v) is 2.85. The van der Waals surface area contributed by atoms with E-state index in [-0.39, 0.29) is 12.0 Å². The van der Waals surface area contributed by atoms with Crippen molar-refractivity contribution >= 4 is 17.5 Å². The van der Waals surface area contributed by atoms with E-state index in [9.17, 15) is 4.79 Å². The molecule has 1 atom stereocenters. The van der Waals surface area contributed by atoms with E-state index >= 15 is 0 Å². The number of methoxy groups -OCH3 is 1. The van der Waals surface area contributed by atoms with Gasteiger partial charge in [-0.05, 0) is 75.6 Å². The molecular weight excluding hydrogens is 378 g/mol. The van der Waals surface area contributed by atoms with Gasteiger partial charge in [0.15, 0.2) is 17.6 Å². The van der Waals surface area contributed by atoms with Crippen LogP contribution in [0, 0.1) is 13.8 Å². The standard InChI is InChI=1S/C22H28ClNO4/c1-13(2)27-19-8-7-17(11-20(19)26-6)12-24-22(25)16(5)28-18-9-14(3)21(23)15(4)10-18/h7-11,13,16H,12H2,1-6H3,(H,24,25)/t16-/m1/s1. The summed E-state index contributed by atoms with van der Waals surface area (Å²) < 4.78 is 16.9. The number of aryl methyl sites for hydroxylation is 2. The van der Waals surface area contributed by atoms with E-state index in [0.29, 0.717) is 28.8 Å². The SMILES string of the molecule is COc1cc(CNC(=O)[C@@H](C)Oc2cc(C)c(Cl)c(C)c2)ccc1OC(C)C. The first-order valence-corrected chi connectivity index (χ1v) is 9.63. The minimum atomic E-state index is -0.634. The van der Waals surface area contributed by atoms with Crippen molar-refractivity contribution in [2.24, 2.45) is 0 Å². The van der Waals surface area contributed by atoms with Crippen LogP contribution < -0.4 is 19.5 Å². The number of carbonyl (C=O) groups excluding carboxylic acids is 1. The van der Waals surface area contributed by atoms with Gasteiger partial charge in [0.1, 0.15) is 5.75 Å². The zero-order valence-corrected chi connectivity index (χ0v) is 18.0. The number of hydrogen-bond acceptors (Lipinski definition) is 4. The Labute approximate surface area is 171 Å². The van der Waals surface area contributed by atoms with Gasteiger partial charge in [0.05, 0.1) is 13.2 Å². The van der Waals surface area contributed by atoms with Crippen molar-refractivity contribution < 1.29 is 19.0 Å². The molecule has 0 saturated carbocycles. The number of hydrogen-bond donors (Lipinski definition) is 1. The van der Waals surface area contributed by atoms with E-state index in [1.807, 2.05) is 58.0 Å². The first kappa shape index (κ1) is 21.9. The lowest BCUT2D eigenvalue weighted by Gasteiger charge is -2.17. The van der Waals surface area contributed by atoms with E-state index in [0.717, 1.165) is 16.7 Å². The van der Waals surface area contributed by atoms with Crippen LogP contribution in [0.1, 0.15) is 37.5 Å². The lowest BCUT2D eigenvalue weighted by atomic mass is 10.1. The number of carbonyl (C=O) groups is 1. The topological polar surface area (TPSA) is 56.8 Å². The molecule has 0 aromatic heterocycles. The zero-order valence-electron chi connectivity index (χ0n) is 17.3. The van der Waals surface area contributed by atoms with E-state index < -0.39 is 6.10 Å². The van der Waals surface area contributed by atoms with Crippen LogP contribution in [0.2, 0.25) is 5.02 Å². The van der Waals surface area contributed by atoms with Crippen LogP contribution >= 0.6 is 11.6 Å². The van der Waals surface area contributed by atoms with Gasteiger partial charge in [-0.1, -0.05) is 17.7 Å². The normalized spacial score (nSPS) is 11.9. The second-order valence-electron chi connectivity index (χ2n) is 7.00. The average Bonchev–Trinajstić information content (AvgIpc) is 2.64. The zero-order chi connectivity index (χ0) is 20.8. The molecule has 0 fully saturated rings. The molecule has 6 heteroatoms. The summed E-state index contributed by atoms with van der Waals surface area (Å²) in [6.45, 7) is 9.82. The third-order valence-electron chi connectivity index (χ3n) is 4.15. The summed E-state index contributed by atoms with van der Waals surface area (Å²) in [7, 11) is 1.59. The summed E-state index contributed by atoms with van der Waals surface area (Å²) in [5.41, 5.74) is 2.74. The van der Waals surface area contributed by atoms with Crippen molar-refractivity contribution in [3.63, 3.8) is 0 Å². The van der Waals surface area contributed by atoms with Gasteiger partial charge in [0, 0.05) is 11.6 Å². The first-order valence-electron chi connectivity index (χ1n) is 9.26. The van der Waals surface area contributed by atoms with Crippen LogP contribution in [-0.4, -0.2) is 25.2 Å². The molecule has 0 saturated heterocycles. The highest BCUT2D eigenvalue weighted by Crippen LogP contribution is 2.29. The smallest absolute Gasteiger partial charge is 0.261 e. The second kappa shape index (κ2) is 9.69. The monoisotopic (exact) mass is 405 g/mol. The molecule has 5 nitrogen and oxygen atoms in total. The molecule has 0 spiro atoms. The molecule has 2 aromatic rings. The maximum absolute atomic E-state index is 12.4. The molecule has 0 unspecified atom stereocenters. The number of nitrogens with one attached hydrogen (secondary N) is 1. The summed E-state index contributed by atoms with van der Waals surface area (Å²) in [5, 5.41) is 3.60. The summed E-state index contributed by atoms with van der Waals surface area (Å²) in [4.78, 5) is 12.4. The first-order chi connectivity index (χ1) is 13.2. The molecule has 1 amide bonds. The molecule has 1 N–H and O–H groups in total. The quantitative estimate of drug-likeness (QED) is 0.683. The average molecular weight is 406 g/mol. The van der Waals surface area contributed by atoms with Gasteiger partial charge in [0.2, 0.25) is 0 Å². The highest BCUT2D eigenvalue weighted by Gasteiger charge is 2.16. The molecular formula is C22H28ClNO4. The van der Waals surface area contributed by atoms with Gasteiger partial charge in [-0.3, -0.25) is 4.79 Å². The lowest BCUT2D eigenvalue weighted by molar-refractivity contribution is -0.127. The molecule has 28 heavy (non-hydrogen) atoms. The Hall–Kier alpha value is -2.40. The van der Waals surface area contributed by atoms with Gasteiger partial charge >= 0.3 is 0 Å². The largest absolute Gasteiger partial charge is 0.493 e. The Kier molecular flexibility index (Phi) is 7.58. The van der Waals surface area contributed by atoms with E-state index in [4.69, 9.17) is 25.8 Å². The third kappa shape index (κ3) is 5.80. The van der Waals surface area contributed by atoms with Gasteiger partial charge < -0.3 is 19.5 Å². The van der Waals surface area contributed by atoms with Gasteiger partial charge in [-0.25, -0.2) is 0 Å². The Bertz CT molecular complexity index is 812. The van der Waals surface area contributed by atoms with Crippen molar-refractivity contribution in [2.75, 3.05) is 7.11 Å². The van der Waals surface area contributed by atoms with E-state index in [1.54, 1.807) is 14.0 Å². The van der Waals surface area contributed by atoms with Crippen molar-refractivity contribution in [1.29, 1.82) is 0 Å². The predicted molar refractivity (Wildman–Crippen MR) is 112 cm³/mol. The Morgan fingerprint density at radius 3 is 2.25 bits per heavy atom. The Morgan fingerprint density at radius 2 is 1.68 bits per heavy atom. The van der Waals surface area contributed by atoms with E-state index in [1.165, 1.54) is 0 Å². The number of benzene rings is 2. The third-order valence-corrected chi connectivity index (χ3v) is 4.75. The minimum Gasteiger partial charge on any atom is -0.493 e. The summed E-state index contributed by atoms with van der Waals surface area (Å²) >= 11 is 6.18. The molecule has 0 bridgehead atoms. The van der Waals surface area contributed by atoms with Crippen LogP contribution in [0.15, 0.2) is 30.3 Å². The van der Waals surface area contributed by atoms with Crippen molar-refractivity contribution in [3.05, 3.63) is 52.0 Å². The summed E-state index contributed by atoms with van der Waals surface area (Å²) in [6, 6.07) is 9.27. The van der Waals surface area contributed by atoms with E-state index in [2.05, 4.69) is 5.32 Å². The maximum Gasteiger partial charge on any atom is 0.261 e. The van der Waals surface area contributed by atoms with Crippen LogP contribution in [0.5, 0.6) is 17.2 Å². The predicted octanol–water partition coefficient (Wildman–Crippen LogP) is 4.84. The van der Waals surface area contributed by atoms with Gasteiger partial charge in [-0.15, -0.1) is 0 Å². The lowest BCUT2D eigenvalue weighted by Crippen LogP contribution is -2.35. The van der Waals surface area contributed by atoms with Crippen LogP contribution in [0.4, 0.5) is 0 Å².